The average Bonchev–Trinajstić information content (AvgIpc) is 3.19. The molecule has 0 saturated carbocycles. The van der Waals surface area contributed by atoms with E-state index in [0.717, 1.165) is 48.8 Å². The number of ether oxygens (including phenoxy) is 1. The van der Waals surface area contributed by atoms with Gasteiger partial charge < -0.3 is 4.74 Å². The molecule has 0 atom stereocenters. The number of thiazole rings is 1. The van der Waals surface area contributed by atoms with E-state index in [9.17, 15) is 4.79 Å². The van der Waals surface area contributed by atoms with Gasteiger partial charge in [-0.15, -0.1) is 11.3 Å². The Hall–Kier alpha value is -2.96. The van der Waals surface area contributed by atoms with E-state index in [-0.39, 0.29) is 5.56 Å². The number of fused-ring (bicyclic) bond motifs is 3. The molecule has 5 nitrogen and oxygen atoms in total. The number of methoxy groups -OCH3 is 1. The van der Waals surface area contributed by atoms with Crippen molar-refractivity contribution in [2.24, 2.45) is 0 Å². The minimum absolute atomic E-state index is 0.0495. The number of hydrogen-bond donors (Lipinski definition) is 0. The van der Waals surface area contributed by atoms with Gasteiger partial charge in [0.05, 0.1) is 12.8 Å². The van der Waals surface area contributed by atoms with Crippen molar-refractivity contribution in [2.45, 2.75) is 45.3 Å². The molecular weight excluding hydrogens is 418 g/mol. The molecule has 5 rings (SSSR count). The van der Waals surface area contributed by atoms with E-state index in [1.54, 1.807) is 24.5 Å². The number of rotatable bonds is 7. The van der Waals surface area contributed by atoms with Crippen LogP contribution in [0.2, 0.25) is 0 Å². The van der Waals surface area contributed by atoms with Crippen LogP contribution < -0.4 is 10.3 Å². The summed E-state index contributed by atoms with van der Waals surface area (Å²) in [6, 6.07) is 20.3. The van der Waals surface area contributed by atoms with Crippen molar-refractivity contribution in [3.63, 3.8) is 0 Å². The zero-order chi connectivity index (χ0) is 21.9. The third-order valence-corrected chi connectivity index (χ3v) is 7.16. The zero-order valence-electron chi connectivity index (χ0n) is 18.3. The smallest absolute Gasteiger partial charge is 0.259 e. The van der Waals surface area contributed by atoms with Crippen LogP contribution in [0.4, 0.5) is 0 Å². The maximum atomic E-state index is 13.0. The Morgan fingerprint density at radius 3 is 2.44 bits per heavy atom. The number of aromatic nitrogens is 2. The Labute approximate surface area is 191 Å². The zero-order valence-corrected chi connectivity index (χ0v) is 19.1. The molecule has 4 aromatic rings. The maximum absolute atomic E-state index is 13.0. The lowest BCUT2D eigenvalue weighted by molar-refractivity contribution is 0.244. The summed E-state index contributed by atoms with van der Waals surface area (Å²) >= 11 is 1.69. The Morgan fingerprint density at radius 2 is 1.69 bits per heavy atom. The summed E-state index contributed by atoms with van der Waals surface area (Å²) in [5, 5.41) is 0. The van der Waals surface area contributed by atoms with Crippen LogP contribution in [0.3, 0.4) is 0 Å². The molecule has 0 spiro atoms. The van der Waals surface area contributed by atoms with Crippen molar-refractivity contribution in [3.05, 3.63) is 98.4 Å². The molecule has 0 amide bonds. The highest BCUT2D eigenvalue weighted by Gasteiger charge is 2.19. The molecule has 2 aromatic heterocycles. The molecule has 1 aliphatic rings. The summed E-state index contributed by atoms with van der Waals surface area (Å²) in [4.78, 5) is 22.4. The fraction of sp³-hybridized carbons (Fsp3) is 0.308. The lowest BCUT2D eigenvalue weighted by atomic mass is 10.0. The summed E-state index contributed by atoms with van der Waals surface area (Å²) in [7, 11) is 1.68. The summed E-state index contributed by atoms with van der Waals surface area (Å²) < 4.78 is 7.14. The minimum atomic E-state index is 0.0495. The molecule has 2 aromatic carbocycles. The Bertz CT molecular complexity index is 1260. The molecular formula is C26H27N3O2S. The molecule has 164 valence electrons. The molecule has 0 bridgehead atoms. The normalized spacial score (nSPS) is 13.4. The summed E-state index contributed by atoms with van der Waals surface area (Å²) in [6.07, 6.45) is 4.40. The van der Waals surface area contributed by atoms with Crippen LogP contribution in [0, 0.1) is 0 Å². The van der Waals surface area contributed by atoms with Crippen LogP contribution >= 0.6 is 11.3 Å². The van der Waals surface area contributed by atoms with E-state index in [1.165, 1.54) is 28.1 Å². The molecule has 0 N–H and O–H groups in total. The maximum Gasteiger partial charge on any atom is 0.259 e. The number of hydrogen-bond acceptors (Lipinski definition) is 5. The molecule has 0 saturated heterocycles. The van der Waals surface area contributed by atoms with Gasteiger partial charge >= 0.3 is 0 Å². The molecule has 0 unspecified atom stereocenters. The van der Waals surface area contributed by atoms with E-state index < -0.39 is 0 Å². The first-order valence-corrected chi connectivity index (χ1v) is 11.9. The largest absolute Gasteiger partial charge is 0.497 e. The molecule has 0 radical (unpaired) electrons. The predicted molar refractivity (Wildman–Crippen MR) is 128 cm³/mol. The van der Waals surface area contributed by atoms with E-state index >= 15 is 0 Å². The van der Waals surface area contributed by atoms with Crippen molar-refractivity contribution in [1.82, 2.24) is 14.3 Å². The van der Waals surface area contributed by atoms with Crippen LogP contribution in [0.25, 0.3) is 4.96 Å². The monoisotopic (exact) mass is 445 g/mol. The summed E-state index contributed by atoms with van der Waals surface area (Å²) in [5.74, 6) is 0.852. The van der Waals surface area contributed by atoms with Crippen LogP contribution in [-0.4, -0.2) is 21.4 Å². The molecule has 0 aliphatic heterocycles. The third-order valence-electron chi connectivity index (χ3n) is 6.01. The lowest BCUT2D eigenvalue weighted by Gasteiger charge is -2.22. The fourth-order valence-corrected chi connectivity index (χ4v) is 5.68. The Morgan fingerprint density at radius 1 is 0.969 bits per heavy atom. The van der Waals surface area contributed by atoms with E-state index in [4.69, 9.17) is 9.72 Å². The van der Waals surface area contributed by atoms with Crippen LogP contribution in [-0.2, 0) is 32.5 Å². The first-order chi connectivity index (χ1) is 15.7. The number of benzene rings is 2. The van der Waals surface area contributed by atoms with Gasteiger partial charge in [-0.05, 0) is 48.9 Å². The fourth-order valence-electron chi connectivity index (χ4n) is 4.45. The second-order valence-electron chi connectivity index (χ2n) is 8.36. The third kappa shape index (κ3) is 4.47. The van der Waals surface area contributed by atoms with E-state index in [0.29, 0.717) is 6.54 Å². The van der Waals surface area contributed by atoms with Gasteiger partial charge in [-0.1, -0.05) is 42.5 Å². The Balaban J connectivity index is 1.44. The lowest BCUT2D eigenvalue weighted by Crippen LogP contribution is -2.25. The summed E-state index contributed by atoms with van der Waals surface area (Å²) in [5.41, 5.74) is 4.50. The van der Waals surface area contributed by atoms with Crippen molar-refractivity contribution in [2.75, 3.05) is 7.11 Å². The van der Waals surface area contributed by atoms with Crippen molar-refractivity contribution < 1.29 is 4.74 Å². The van der Waals surface area contributed by atoms with Crippen molar-refractivity contribution >= 4 is 16.3 Å². The molecule has 2 heterocycles. The van der Waals surface area contributed by atoms with Crippen LogP contribution in [0.15, 0.2) is 65.5 Å². The van der Waals surface area contributed by atoms with Crippen molar-refractivity contribution in [1.29, 1.82) is 0 Å². The van der Waals surface area contributed by atoms with Gasteiger partial charge in [-0.25, -0.2) is 4.98 Å². The topological polar surface area (TPSA) is 46.8 Å². The first kappa shape index (κ1) is 20.9. The average molecular weight is 446 g/mol. The van der Waals surface area contributed by atoms with E-state index in [2.05, 4.69) is 41.3 Å². The highest BCUT2D eigenvalue weighted by molar-refractivity contribution is 7.17. The molecule has 6 heteroatoms. The standard InChI is InChI=1S/C26H27N3O2S/c1-31-22-13-11-20(12-14-22)17-28(16-19-7-3-2-4-8-19)18-21-15-25(30)29-23-9-5-6-10-24(23)32-26(29)27-21/h2-4,7-8,11-15H,5-6,9-10,16-18H2,1H3. The second-order valence-corrected chi connectivity index (χ2v) is 9.42. The number of aryl methyl sites for hydroxylation is 2. The summed E-state index contributed by atoms with van der Waals surface area (Å²) in [6.45, 7) is 2.17. The van der Waals surface area contributed by atoms with Gasteiger partial charge in [-0.2, -0.15) is 0 Å². The quantitative estimate of drug-likeness (QED) is 0.408. The highest BCUT2D eigenvalue weighted by atomic mass is 32.1. The van der Waals surface area contributed by atoms with Crippen LogP contribution in [0.5, 0.6) is 5.75 Å². The highest BCUT2D eigenvalue weighted by Crippen LogP contribution is 2.28. The number of nitrogens with zero attached hydrogens (tertiary/aromatic N) is 3. The van der Waals surface area contributed by atoms with E-state index in [1.807, 2.05) is 22.6 Å². The van der Waals surface area contributed by atoms with Gasteiger partial charge in [0.2, 0.25) is 0 Å². The van der Waals surface area contributed by atoms with Gasteiger partial charge in [0.1, 0.15) is 5.75 Å². The SMILES string of the molecule is COc1ccc(CN(Cc2ccccc2)Cc2cc(=O)n3c4c(sc3n2)CCCC4)cc1. The Kier molecular flexibility index (Phi) is 6.06. The first-order valence-electron chi connectivity index (χ1n) is 11.1. The second kappa shape index (κ2) is 9.27. The van der Waals surface area contributed by atoms with Gasteiger partial charge in [0.15, 0.2) is 4.96 Å². The van der Waals surface area contributed by atoms with Gasteiger partial charge in [0, 0.05) is 36.3 Å². The molecule has 0 fully saturated rings. The minimum Gasteiger partial charge on any atom is -0.497 e. The van der Waals surface area contributed by atoms with Gasteiger partial charge in [-0.3, -0.25) is 14.1 Å². The van der Waals surface area contributed by atoms with Crippen molar-refractivity contribution in [3.8, 4) is 5.75 Å². The van der Waals surface area contributed by atoms with Crippen LogP contribution in [0.1, 0.15) is 40.2 Å². The van der Waals surface area contributed by atoms with Gasteiger partial charge in [0.25, 0.3) is 5.56 Å². The molecule has 1 aliphatic carbocycles. The molecule has 32 heavy (non-hydrogen) atoms. The predicted octanol–water partition coefficient (Wildman–Crippen LogP) is 4.85.